The van der Waals surface area contributed by atoms with Crippen LogP contribution in [-0.2, 0) is 11.8 Å². The van der Waals surface area contributed by atoms with Crippen LogP contribution in [0.3, 0.4) is 0 Å². The first kappa shape index (κ1) is 18.8. The van der Waals surface area contributed by atoms with Crippen molar-refractivity contribution in [1.29, 1.82) is 0 Å². The number of rotatable bonds is 6. The molecule has 1 aromatic carbocycles. The van der Waals surface area contributed by atoms with Crippen LogP contribution in [0.2, 0.25) is 0 Å². The summed E-state index contributed by atoms with van der Waals surface area (Å²) in [6.45, 7) is 3.04. The molecule has 1 saturated heterocycles. The first-order chi connectivity index (χ1) is 12.7. The number of aromatic nitrogens is 3. The lowest BCUT2D eigenvalue weighted by Crippen LogP contribution is -2.44. The maximum absolute atomic E-state index is 12.7. The van der Waals surface area contributed by atoms with Crippen LogP contribution < -0.4 is 4.74 Å². The third kappa shape index (κ3) is 3.87. The first-order valence-electron chi connectivity index (χ1n) is 9.10. The normalized spacial score (nSPS) is 17.3. The summed E-state index contributed by atoms with van der Waals surface area (Å²) in [5.41, 5.74) is 0.894. The molecule has 7 heteroatoms. The number of piperidine rings is 1. The Kier molecular flexibility index (Phi) is 6.19. The highest BCUT2D eigenvalue weighted by Crippen LogP contribution is 2.30. The lowest BCUT2D eigenvalue weighted by Gasteiger charge is -2.35. The summed E-state index contributed by atoms with van der Waals surface area (Å²) in [4.78, 5) is 14.7. The minimum absolute atomic E-state index is 0.198. The van der Waals surface area contributed by atoms with Gasteiger partial charge in [0.1, 0.15) is 5.75 Å². The molecule has 1 aromatic heterocycles. The number of amides is 1. The van der Waals surface area contributed by atoms with E-state index in [0.717, 1.165) is 48.1 Å². The van der Waals surface area contributed by atoms with Gasteiger partial charge < -0.3 is 14.2 Å². The summed E-state index contributed by atoms with van der Waals surface area (Å²) < 4.78 is 7.34. The molecule has 0 saturated carbocycles. The Bertz CT molecular complexity index is 762. The number of hydrogen-bond donors (Lipinski definition) is 0. The van der Waals surface area contributed by atoms with Crippen molar-refractivity contribution in [3.8, 4) is 17.1 Å². The Morgan fingerprint density at radius 3 is 2.88 bits per heavy atom. The maximum Gasteiger partial charge on any atom is 0.233 e. The van der Waals surface area contributed by atoms with Crippen LogP contribution >= 0.6 is 11.8 Å². The molecule has 1 amide bonds. The van der Waals surface area contributed by atoms with Gasteiger partial charge >= 0.3 is 0 Å². The molecular formula is C19H26N4O2S. The monoisotopic (exact) mass is 374 g/mol. The molecule has 3 rings (SSSR count). The zero-order valence-electron chi connectivity index (χ0n) is 15.6. The van der Waals surface area contributed by atoms with E-state index in [2.05, 4.69) is 17.1 Å². The molecule has 0 radical (unpaired) electrons. The molecule has 2 aromatic rings. The van der Waals surface area contributed by atoms with E-state index in [9.17, 15) is 4.79 Å². The molecule has 0 aliphatic carbocycles. The largest absolute Gasteiger partial charge is 0.496 e. The average Bonchev–Trinajstić information content (AvgIpc) is 3.06. The number of methoxy groups -OCH3 is 1. The number of benzene rings is 1. The van der Waals surface area contributed by atoms with Gasteiger partial charge in [-0.25, -0.2) is 0 Å². The first-order valence-corrected chi connectivity index (χ1v) is 10.1. The molecule has 1 unspecified atom stereocenters. The Morgan fingerprint density at radius 2 is 2.12 bits per heavy atom. The summed E-state index contributed by atoms with van der Waals surface area (Å²) in [6.07, 6.45) is 4.48. The second kappa shape index (κ2) is 8.58. The quantitative estimate of drug-likeness (QED) is 0.726. The summed E-state index contributed by atoms with van der Waals surface area (Å²) in [7, 11) is 3.57. The van der Waals surface area contributed by atoms with Gasteiger partial charge in [0, 0.05) is 19.6 Å². The molecule has 6 nitrogen and oxygen atoms in total. The zero-order valence-corrected chi connectivity index (χ0v) is 16.5. The van der Waals surface area contributed by atoms with Gasteiger partial charge in [-0.05, 0) is 37.8 Å². The van der Waals surface area contributed by atoms with Crippen LogP contribution in [0.25, 0.3) is 11.4 Å². The minimum atomic E-state index is 0.198. The SMILES string of the molecule is CCC1CCCCN1C(=O)CSc1nnc(-c2ccccc2OC)n1C. The highest BCUT2D eigenvalue weighted by Gasteiger charge is 2.25. The van der Waals surface area contributed by atoms with Crippen molar-refractivity contribution in [2.24, 2.45) is 7.05 Å². The number of likely N-dealkylation sites (tertiary alicyclic amines) is 1. The van der Waals surface area contributed by atoms with Crippen molar-refractivity contribution in [2.45, 2.75) is 43.8 Å². The van der Waals surface area contributed by atoms with E-state index < -0.39 is 0 Å². The predicted octanol–water partition coefficient (Wildman–Crippen LogP) is 3.37. The van der Waals surface area contributed by atoms with Crippen LogP contribution in [0.5, 0.6) is 5.75 Å². The Balaban J connectivity index is 1.70. The fourth-order valence-electron chi connectivity index (χ4n) is 3.47. The van der Waals surface area contributed by atoms with E-state index in [1.165, 1.54) is 18.2 Å². The van der Waals surface area contributed by atoms with Crippen molar-refractivity contribution >= 4 is 17.7 Å². The standard InChI is InChI=1S/C19H26N4O2S/c1-4-14-9-7-8-12-23(14)17(24)13-26-19-21-20-18(22(19)2)15-10-5-6-11-16(15)25-3/h5-6,10-11,14H,4,7-9,12-13H2,1-3H3. The van der Waals surface area contributed by atoms with Gasteiger partial charge in [0.15, 0.2) is 11.0 Å². The molecule has 0 N–H and O–H groups in total. The molecule has 0 spiro atoms. The van der Waals surface area contributed by atoms with E-state index in [-0.39, 0.29) is 5.91 Å². The van der Waals surface area contributed by atoms with Gasteiger partial charge in [0.2, 0.25) is 5.91 Å². The number of para-hydroxylation sites is 1. The van der Waals surface area contributed by atoms with Crippen LogP contribution in [0.4, 0.5) is 0 Å². The van der Waals surface area contributed by atoms with Crippen LogP contribution in [0.1, 0.15) is 32.6 Å². The third-order valence-corrected chi connectivity index (χ3v) is 5.93. The van der Waals surface area contributed by atoms with Crippen molar-refractivity contribution in [2.75, 3.05) is 19.4 Å². The van der Waals surface area contributed by atoms with Gasteiger partial charge in [-0.1, -0.05) is 30.8 Å². The molecule has 1 fully saturated rings. The van der Waals surface area contributed by atoms with E-state index in [4.69, 9.17) is 4.74 Å². The fourth-order valence-corrected chi connectivity index (χ4v) is 4.26. The highest BCUT2D eigenvalue weighted by molar-refractivity contribution is 7.99. The van der Waals surface area contributed by atoms with Gasteiger partial charge in [-0.2, -0.15) is 0 Å². The van der Waals surface area contributed by atoms with Gasteiger partial charge in [0.25, 0.3) is 0 Å². The second-order valence-corrected chi connectivity index (χ2v) is 7.44. The molecule has 0 bridgehead atoms. The number of hydrogen-bond acceptors (Lipinski definition) is 5. The van der Waals surface area contributed by atoms with E-state index in [0.29, 0.717) is 11.8 Å². The van der Waals surface area contributed by atoms with E-state index in [1.807, 2.05) is 40.8 Å². The Morgan fingerprint density at radius 1 is 1.31 bits per heavy atom. The summed E-state index contributed by atoms with van der Waals surface area (Å²) in [5, 5.41) is 9.32. The number of nitrogens with zero attached hydrogens (tertiary/aromatic N) is 4. The van der Waals surface area contributed by atoms with Gasteiger partial charge in [-0.3, -0.25) is 4.79 Å². The average molecular weight is 375 g/mol. The number of ether oxygens (including phenoxy) is 1. The van der Waals surface area contributed by atoms with Crippen molar-refractivity contribution in [3.63, 3.8) is 0 Å². The molecule has 1 aliphatic heterocycles. The zero-order chi connectivity index (χ0) is 18.5. The van der Waals surface area contributed by atoms with Crippen LogP contribution in [0.15, 0.2) is 29.4 Å². The molecule has 2 heterocycles. The second-order valence-electron chi connectivity index (χ2n) is 6.50. The summed E-state index contributed by atoms with van der Waals surface area (Å²) in [5.74, 6) is 2.09. The smallest absolute Gasteiger partial charge is 0.233 e. The van der Waals surface area contributed by atoms with Crippen LogP contribution in [0, 0.1) is 0 Å². The molecule has 1 aliphatic rings. The lowest BCUT2D eigenvalue weighted by atomic mass is 10.0. The van der Waals surface area contributed by atoms with E-state index in [1.54, 1.807) is 7.11 Å². The topological polar surface area (TPSA) is 60.3 Å². The summed E-state index contributed by atoms with van der Waals surface area (Å²) in [6, 6.07) is 8.13. The number of thioether (sulfide) groups is 1. The Hall–Kier alpha value is -2.02. The number of carbonyl (C=O) groups excluding carboxylic acids is 1. The fraction of sp³-hybridized carbons (Fsp3) is 0.526. The third-order valence-electron chi connectivity index (χ3n) is 4.93. The summed E-state index contributed by atoms with van der Waals surface area (Å²) >= 11 is 1.45. The maximum atomic E-state index is 12.7. The van der Waals surface area contributed by atoms with Crippen molar-refractivity contribution in [3.05, 3.63) is 24.3 Å². The van der Waals surface area contributed by atoms with Crippen molar-refractivity contribution < 1.29 is 9.53 Å². The molecular weight excluding hydrogens is 348 g/mol. The molecule has 1 atom stereocenters. The highest BCUT2D eigenvalue weighted by atomic mass is 32.2. The minimum Gasteiger partial charge on any atom is -0.496 e. The van der Waals surface area contributed by atoms with Gasteiger partial charge in [-0.15, -0.1) is 10.2 Å². The van der Waals surface area contributed by atoms with Crippen LogP contribution in [-0.4, -0.2) is 51.0 Å². The number of carbonyl (C=O) groups is 1. The Labute approximate surface area is 158 Å². The van der Waals surface area contributed by atoms with Crippen molar-refractivity contribution in [1.82, 2.24) is 19.7 Å². The van der Waals surface area contributed by atoms with E-state index >= 15 is 0 Å². The molecule has 140 valence electrons. The molecule has 26 heavy (non-hydrogen) atoms. The predicted molar refractivity (Wildman–Crippen MR) is 103 cm³/mol. The van der Waals surface area contributed by atoms with Gasteiger partial charge in [0.05, 0.1) is 18.4 Å². The lowest BCUT2D eigenvalue weighted by molar-refractivity contribution is -0.132.